The van der Waals surface area contributed by atoms with Crippen molar-refractivity contribution >= 4 is 43.5 Å². The van der Waals surface area contributed by atoms with E-state index in [0.717, 1.165) is 53.3 Å². The van der Waals surface area contributed by atoms with Crippen molar-refractivity contribution in [3.8, 4) is 0 Å². The molecule has 0 saturated heterocycles. The van der Waals surface area contributed by atoms with Crippen LogP contribution in [0.1, 0.15) is 54.4 Å². The first kappa shape index (κ1) is 34.4. The van der Waals surface area contributed by atoms with Crippen LogP contribution in [0.2, 0.25) is 0 Å². The van der Waals surface area contributed by atoms with Crippen LogP contribution >= 0.6 is 15.9 Å². The molecule has 1 aliphatic carbocycles. The van der Waals surface area contributed by atoms with Crippen LogP contribution < -0.4 is 9.62 Å². The van der Waals surface area contributed by atoms with Crippen LogP contribution in [-0.4, -0.2) is 43.8 Å². The molecule has 0 spiro atoms. The predicted molar refractivity (Wildman–Crippen MR) is 191 cm³/mol. The van der Waals surface area contributed by atoms with Crippen molar-refractivity contribution in [3.05, 3.63) is 130 Å². The number of benzene rings is 4. The van der Waals surface area contributed by atoms with Gasteiger partial charge in [-0.05, 0) is 73.7 Å². The van der Waals surface area contributed by atoms with Gasteiger partial charge in [0, 0.05) is 23.5 Å². The van der Waals surface area contributed by atoms with E-state index in [9.17, 15) is 18.0 Å². The van der Waals surface area contributed by atoms with Crippen molar-refractivity contribution in [1.29, 1.82) is 0 Å². The molecule has 0 aliphatic heterocycles. The molecule has 246 valence electrons. The Bertz CT molecular complexity index is 1760. The van der Waals surface area contributed by atoms with Crippen LogP contribution in [0.25, 0.3) is 0 Å². The van der Waals surface area contributed by atoms with E-state index in [0.29, 0.717) is 11.3 Å². The second-order valence-corrected chi connectivity index (χ2v) is 15.1. The lowest BCUT2D eigenvalue weighted by molar-refractivity contribution is -0.140. The Hall–Kier alpha value is -3.95. The fourth-order valence-electron chi connectivity index (χ4n) is 6.08. The van der Waals surface area contributed by atoms with Gasteiger partial charge in [-0.3, -0.25) is 13.9 Å². The maximum Gasteiger partial charge on any atom is 0.264 e. The van der Waals surface area contributed by atoms with E-state index in [-0.39, 0.29) is 29.8 Å². The van der Waals surface area contributed by atoms with E-state index < -0.39 is 28.5 Å². The largest absolute Gasteiger partial charge is 0.352 e. The summed E-state index contributed by atoms with van der Waals surface area (Å²) in [6, 6.07) is 30.2. The lowest BCUT2D eigenvalue weighted by Gasteiger charge is -2.35. The third-order valence-electron chi connectivity index (χ3n) is 8.76. The monoisotopic (exact) mass is 715 g/mol. The molecule has 7 nitrogen and oxygen atoms in total. The van der Waals surface area contributed by atoms with Crippen LogP contribution in [0.15, 0.2) is 112 Å². The lowest BCUT2D eigenvalue weighted by atomic mass is 9.94. The van der Waals surface area contributed by atoms with E-state index in [1.807, 2.05) is 80.6 Å². The predicted octanol–water partition coefficient (Wildman–Crippen LogP) is 7.35. The number of nitrogens with zero attached hydrogens (tertiary/aromatic N) is 2. The molecule has 4 aromatic carbocycles. The molecule has 0 unspecified atom stereocenters. The summed E-state index contributed by atoms with van der Waals surface area (Å²) in [4.78, 5) is 30.6. The van der Waals surface area contributed by atoms with Crippen LogP contribution in [-0.2, 0) is 32.6 Å². The number of carbonyl (C=O) groups excluding carboxylic acids is 2. The molecule has 47 heavy (non-hydrogen) atoms. The number of nitrogens with one attached hydrogen (secondary N) is 1. The second-order valence-electron chi connectivity index (χ2n) is 12.3. The Morgan fingerprint density at radius 3 is 2.11 bits per heavy atom. The van der Waals surface area contributed by atoms with Gasteiger partial charge in [0.15, 0.2) is 0 Å². The average Bonchev–Trinajstić information content (AvgIpc) is 3.07. The number of rotatable bonds is 12. The molecule has 1 N–H and O–H groups in total. The molecular formula is C38H42BrN3O4S. The Kier molecular flexibility index (Phi) is 11.5. The number of carbonyl (C=O) groups is 2. The van der Waals surface area contributed by atoms with Crippen molar-refractivity contribution in [3.63, 3.8) is 0 Å². The highest BCUT2D eigenvalue weighted by molar-refractivity contribution is 9.10. The van der Waals surface area contributed by atoms with Crippen LogP contribution in [0.3, 0.4) is 0 Å². The molecule has 9 heteroatoms. The number of hydrogen-bond acceptors (Lipinski definition) is 4. The molecule has 1 atom stereocenters. The van der Waals surface area contributed by atoms with Crippen LogP contribution in [0, 0.1) is 13.8 Å². The van der Waals surface area contributed by atoms with Gasteiger partial charge in [-0.1, -0.05) is 114 Å². The fraction of sp³-hybridized carbons (Fsp3) is 0.316. The number of anilines is 1. The van der Waals surface area contributed by atoms with E-state index >= 15 is 0 Å². The summed E-state index contributed by atoms with van der Waals surface area (Å²) < 4.78 is 30.6. The van der Waals surface area contributed by atoms with Crippen LogP contribution in [0.4, 0.5) is 5.69 Å². The highest BCUT2D eigenvalue weighted by Gasteiger charge is 2.35. The maximum absolute atomic E-state index is 14.7. The summed E-state index contributed by atoms with van der Waals surface area (Å²) in [5.41, 5.74) is 3.79. The molecule has 1 aliphatic rings. The normalized spacial score (nSPS) is 14.3. The van der Waals surface area contributed by atoms with Gasteiger partial charge in [0.2, 0.25) is 11.8 Å². The first-order chi connectivity index (χ1) is 22.6. The number of aryl methyl sites for hydroxylation is 2. The van der Waals surface area contributed by atoms with Crippen molar-refractivity contribution in [1.82, 2.24) is 10.2 Å². The quantitative estimate of drug-likeness (QED) is 0.166. The summed E-state index contributed by atoms with van der Waals surface area (Å²) in [5.74, 6) is -0.693. The minimum Gasteiger partial charge on any atom is -0.352 e. The zero-order chi connectivity index (χ0) is 33.4. The Labute approximate surface area is 287 Å². The van der Waals surface area contributed by atoms with Crippen molar-refractivity contribution in [2.45, 2.75) is 75.9 Å². The summed E-state index contributed by atoms with van der Waals surface area (Å²) in [6.45, 7) is 3.38. The van der Waals surface area contributed by atoms with E-state index in [4.69, 9.17) is 0 Å². The molecular weight excluding hydrogens is 674 g/mol. The van der Waals surface area contributed by atoms with E-state index in [1.165, 1.54) is 4.31 Å². The zero-order valence-electron chi connectivity index (χ0n) is 26.9. The van der Waals surface area contributed by atoms with Crippen LogP contribution in [0.5, 0.6) is 0 Å². The number of hydrogen-bond donors (Lipinski definition) is 1. The molecule has 1 saturated carbocycles. The van der Waals surface area contributed by atoms with E-state index in [2.05, 4.69) is 21.2 Å². The number of sulfonamides is 1. The molecule has 0 radical (unpaired) electrons. The molecule has 0 heterocycles. The third kappa shape index (κ3) is 8.90. The smallest absolute Gasteiger partial charge is 0.264 e. The SMILES string of the molecule is Cc1ccc(S(=O)(=O)N(CC(=O)N(Cc2ccc(Br)cc2)[C@H](Cc2ccccc2)C(=O)NC2CCCCC2)c2ccccc2C)cc1. The Morgan fingerprint density at radius 2 is 1.45 bits per heavy atom. The van der Waals surface area contributed by atoms with Gasteiger partial charge in [0.1, 0.15) is 12.6 Å². The minimum absolute atomic E-state index is 0.0459. The Balaban J connectivity index is 1.56. The van der Waals surface area contributed by atoms with Gasteiger partial charge in [0.25, 0.3) is 10.0 Å². The molecule has 4 aromatic rings. The molecule has 1 fully saturated rings. The van der Waals surface area contributed by atoms with Gasteiger partial charge < -0.3 is 10.2 Å². The summed E-state index contributed by atoms with van der Waals surface area (Å²) in [5, 5.41) is 3.25. The molecule has 0 bridgehead atoms. The van der Waals surface area contributed by atoms with Gasteiger partial charge in [-0.25, -0.2) is 8.42 Å². The highest BCUT2D eigenvalue weighted by atomic mass is 79.9. The van der Waals surface area contributed by atoms with Crippen molar-refractivity contribution in [2.75, 3.05) is 10.8 Å². The third-order valence-corrected chi connectivity index (χ3v) is 11.1. The number of halogens is 1. The second kappa shape index (κ2) is 15.8. The molecule has 5 rings (SSSR count). The highest BCUT2D eigenvalue weighted by Crippen LogP contribution is 2.28. The Morgan fingerprint density at radius 1 is 0.809 bits per heavy atom. The minimum atomic E-state index is -4.15. The first-order valence-corrected chi connectivity index (χ1v) is 18.4. The van der Waals surface area contributed by atoms with Gasteiger partial charge in [0.05, 0.1) is 10.6 Å². The maximum atomic E-state index is 14.7. The van der Waals surface area contributed by atoms with Crippen molar-refractivity contribution < 1.29 is 18.0 Å². The lowest BCUT2D eigenvalue weighted by Crippen LogP contribution is -2.55. The zero-order valence-corrected chi connectivity index (χ0v) is 29.3. The fourth-order valence-corrected chi connectivity index (χ4v) is 7.82. The topological polar surface area (TPSA) is 86.8 Å². The van der Waals surface area contributed by atoms with Gasteiger partial charge in [-0.2, -0.15) is 0 Å². The van der Waals surface area contributed by atoms with Gasteiger partial charge >= 0.3 is 0 Å². The van der Waals surface area contributed by atoms with Gasteiger partial charge in [-0.15, -0.1) is 0 Å². The standard InChI is InChI=1S/C38H42BrN3O4S/c1-28-17-23-34(24-18-28)47(45,46)42(35-16-10-9-11-29(35)2)27-37(43)41(26-31-19-21-32(39)22-20-31)36(25-30-12-5-3-6-13-30)38(44)40-33-14-7-4-8-15-33/h3,5-6,9-13,16-24,33,36H,4,7-8,14-15,25-27H2,1-2H3,(H,40,44)/t36-/m1/s1. The molecule has 0 aromatic heterocycles. The summed E-state index contributed by atoms with van der Waals surface area (Å²) in [7, 11) is -4.15. The molecule has 2 amide bonds. The number of para-hydroxylation sites is 1. The van der Waals surface area contributed by atoms with E-state index in [1.54, 1.807) is 41.3 Å². The summed E-state index contributed by atoms with van der Waals surface area (Å²) in [6.07, 6.45) is 5.35. The summed E-state index contributed by atoms with van der Waals surface area (Å²) >= 11 is 3.49. The van der Waals surface area contributed by atoms with Crippen molar-refractivity contribution in [2.24, 2.45) is 0 Å². The number of amides is 2. The first-order valence-electron chi connectivity index (χ1n) is 16.1. The average molecular weight is 717 g/mol.